The van der Waals surface area contributed by atoms with Gasteiger partial charge in [0.2, 0.25) is 5.79 Å². The average Bonchev–Trinajstić information content (AvgIpc) is 2.50. The van der Waals surface area contributed by atoms with Crippen molar-refractivity contribution in [2.45, 2.75) is 117 Å². The normalized spacial score (nSPS) is 13.5. The van der Waals surface area contributed by atoms with E-state index >= 15 is 0 Å². The van der Waals surface area contributed by atoms with Crippen LogP contribution in [0.4, 0.5) is 0 Å². The summed E-state index contributed by atoms with van der Waals surface area (Å²) in [6.07, 6.45) is 16.2. The molecule has 2 nitrogen and oxygen atoms in total. The van der Waals surface area contributed by atoms with Crippen molar-refractivity contribution in [1.82, 2.24) is 0 Å². The minimum Gasteiger partial charge on any atom is -0.356 e. The molecule has 2 heteroatoms. The highest BCUT2D eigenvalue weighted by molar-refractivity contribution is 5.14. The van der Waals surface area contributed by atoms with Gasteiger partial charge in [-0.2, -0.15) is 0 Å². The van der Waals surface area contributed by atoms with Crippen LogP contribution in [0.25, 0.3) is 0 Å². The zero-order chi connectivity index (χ0) is 18.5. The molecule has 0 radical (unpaired) electrons. The van der Waals surface area contributed by atoms with Crippen molar-refractivity contribution in [3.8, 4) is 11.8 Å². The standard InChI is InChI=1S/C22H42O2/c1-6-7-8-9-10-11-12-13-14-15-16-17-20(2)21(3,4)18-19-22(5,23)24/h20,23-24H,6-17H2,1-5H3. The molecule has 0 saturated heterocycles. The van der Waals surface area contributed by atoms with Crippen molar-refractivity contribution in [2.75, 3.05) is 0 Å². The molecule has 0 amide bonds. The van der Waals surface area contributed by atoms with E-state index < -0.39 is 5.79 Å². The number of rotatable bonds is 13. The summed E-state index contributed by atoms with van der Waals surface area (Å²) in [6, 6.07) is 0. The van der Waals surface area contributed by atoms with Crippen molar-refractivity contribution in [2.24, 2.45) is 11.3 Å². The molecule has 0 saturated carbocycles. The zero-order valence-corrected chi connectivity index (χ0v) is 17.0. The molecule has 0 spiro atoms. The van der Waals surface area contributed by atoms with Crippen LogP contribution in [0.5, 0.6) is 0 Å². The smallest absolute Gasteiger partial charge is 0.225 e. The molecule has 0 rings (SSSR count). The highest BCUT2D eigenvalue weighted by Gasteiger charge is 2.24. The van der Waals surface area contributed by atoms with Crippen LogP contribution >= 0.6 is 0 Å². The summed E-state index contributed by atoms with van der Waals surface area (Å²) in [5, 5.41) is 18.6. The molecule has 0 aliphatic heterocycles. The van der Waals surface area contributed by atoms with Gasteiger partial charge in [0.25, 0.3) is 0 Å². The van der Waals surface area contributed by atoms with Gasteiger partial charge in [0.1, 0.15) is 0 Å². The molecule has 142 valence electrons. The Labute approximate surface area is 151 Å². The third-order valence-corrected chi connectivity index (χ3v) is 5.09. The van der Waals surface area contributed by atoms with E-state index in [1.807, 2.05) is 0 Å². The van der Waals surface area contributed by atoms with Crippen LogP contribution in [0.1, 0.15) is 112 Å². The van der Waals surface area contributed by atoms with E-state index in [1.165, 1.54) is 77.6 Å². The fourth-order valence-electron chi connectivity index (χ4n) is 2.88. The molecule has 0 aliphatic rings. The second kappa shape index (κ2) is 12.8. The third kappa shape index (κ3) is 13.9. The Bertz CT molecular complexity index is 354. The molecule has 0 aliphatic carbocycles. The first kappa shape index (κ1) is 23.5. The van der Waals surface area contributed by atoms with Crippen LogP contribution in [0, 0.1) is 23.2 Å². The zero-order valence-electron chi connectivity index (χ0n) is 17.0. The van der Waals surface area contributed by atoms with E-state index in [2.05, 4.69) is 39.5 Å². The highest BCUT2D eigenvalue weighted by Crippen LogP contribution is 2.30. The van der Waals surface area contributed by atoms with Crippen molar-refractivity contribution in [3.63, 3.8) is 0 Å². The van der Waals surface area contributed by atoms with Crippen LogP contribution < -0.4 is 0 Å². The number of hydrogen-bond acceptors (Lipinski definition) is 2. The van der Waals surface area contributed by atoms with Gasteiger partial charge in [-0.1, -0.05) is 90.4 Å². The lowest BCUT2D eigenvalue weighted by atomic mass is 9.77. The van der Waals surface area contributed by atoms with Gasteiger partial charge in [-0.05, 0) is 32.1 Å². The molecule has 0 aromatic heterocycles. The minimum atomic E-state index is -1.88. The van der Waals surface area contributed by atoms with Gasteiger partial charge in [0.15, 0.2) is 0 Å². The lowest BCUT2D eigenvalue weighted by molar-refractivity contribution is -0.0918. The van der Waals surface area contributed by atoms with Gasteiger partial charge in [0, 0.05) is 12.3 Å². The molecule has 0 heterocycles. The highest BCUT2D eigenvalue weighted by atomic mass is 16.5. The van der Waals surface area contributed by atoms with E-state index in [4.69, 9.17) is 0 Å². The van der Waals surface area contributed by atoms with Gasteiger partial charge in [-0.15, -0.1) is 0 Å². The SMILES string of the molecule is CCCCCCCCCCCCCC(C)C(C)(C)C#CC(C)(O)O. The minimum absolute atomic E-state index is 0.175. The lowest BCUT2D eigenvalue weighted by Gasteiger charge is -2.26. The summed E-state index contributed by atoms with van der Waals surface area (Å²) in [5.74, 6) is 4.17. The van der Waals surface area contributed by atoms with Gasteiger partial charge in [-0.3, -0.25) is 0 Å². The fourth-order valence-corrected chi connectivity index (χ4v) is 2.88. The largest absolute Gasteiger partial charge is 0.356 e. The van der Waals surface area contributed by atoms with Gasteiger partial charge < -0.3 is 10.2 Å². The predicted molar refractivity (Wildman–Crippen MR) is 105 cm³/mol. The molecule has 1 atom stereocenters. The summed E-state index contributed by atoms with van der Waals surface area (Å²) < 4.78 is 0. The summed E-state index contributed by atoms with van der Waals surface area (Å²) in [6.45, 7) is 9.98. The second-order valence-electron chi connectivity index (χ2n) is 8.22. The number of unbranched alkanes of at least 4 members (excludes halogenated alkanes) is 10. The lowest BCUT2D eigenvalue weighted by Crippen LogP contribution is -2.24. The molecule has 0 aromatic rings. The molecule has 0 fully saturated rings. The van der Waals surface area contributed by atoms with Gasteiger partial charge in [0.05, 0.1) is 0 Å². The predicted octanol–water partition coefficient (Wildman–Crippen LogP) is 6.05. The first-order chi connectivity index (χ1) is 11.2. The quantitative estimate of drug-likeness (QED) is 0.244. The molecular formula is C22H42O2. The summed E-state index contributed by atoms with van der Waals surface area (Å²) in [7, 11) is 0. The van der Waals surface area contributed by atoms with Crippen LogP contribution in [0.3, 0.4) is 0 Å². The molecule has 24 heavy (non-hydrogen) atoms. The summed E-state index contributed by atoms with van der Waals surface area (Å²) in [5.41, 5.74) is -0.175. The van der Waals surface area contributed by atoms with Crippen LogP contribution in [0.2, 0.25) is 0 Å². The Hall–Kier alpha value is -0.520. The van der Waals surface area contributed by atoms with Gasteiger partial charge in [-0.25, -0.2) is 0 Å². The van der Waals surface area contributed by atoms with Crippen LogP contribution in [0.15, 0.2) is 0 Å². The van der Waals surface area contributed by atoms with E-state index in [0.717, 1.165) is 6.42 Å². The monoisotopic (exact) mass is 338 g/mol. The topological polar surface area (TPSA) is 40.5 Å². The number of hydrogen-bond donors (Lipinski definition) is 2. The molecule has 1 unspecified atom stereocenters. The third-order valence-electron chi connectivity index (χ3n) is 5.09. The van der Waals surface area contributed by atoms with E-state index in [1.54, 1.807) is 0 Å². The maximum absolute atomic E-state index is 9.32. The molecular weight excluding hydrogens is 296 g/mol. The molecule has 2 N–H and O–H groups in total. The van der Waals surface area contributed by atoms with Crippen molar-refractivity contribution < 1.29 is 10.2 Å². The maximum atomic E-state index is 9.32. The summed E-state index contributed by atoms with van der Waals surface area (Å²) >= 11 is 0. The van der Waals surface area contributed by atoms with E-state index in [9.17, 15) is 10.2 Å². The first-order valence-electron chi connectivity index (χ1n) is 10.2. The van der Waals surface area contributed by atoms with Crippen molar-refractivity contribution >= 4 is 0 Å². The average molecular weight is 339 g/mol. The fraction of sp³-hybridized carbons (Fsp3) is 0.909. The Morgan fingerprint density at radius 1 is 0.708 bits per heavy atom. The van der Waals surface area contributed by atoms with Gasteiger partial charge >= 0.3 is 0 Å². The van der Waals surface area contributed by atoms with E-state index in [0.29, 0.717) is 5.92 Å². The first-order valence-corrected chi connectivity index (χ1v) is 10.2. The van der Waals surface area contributed by atoms with Crippen molar-refractivity contribution in [3.05, 3.63) is 0 Å². The Balaban J connectivity index is 3.67. The van der Waals surface area contributed by atoms with E-state index in [-0.39, 0.29) is 5.41 Å². The Morgan fingerprint density at radius 3 is 1.54 bits per heavy atom. The summed E-state index contributed by atoms with van der Waals surface area (Å²) in [4.78, 5) is 0. The van der Waals surface area contributed by atoms with Crippen LogP contribution in [-0.4, -0.2) is 16.0 Å². The second-order valence-corrected chi connectivity index (χ2v) is 8.22. The van der Waals surface area contributed by atoms with Crippen LogP contribution in [-0.2, 0) is 0 Å². The Morgan fingerprint density at radius 2 is 1.12 bits per heavy atom. The Kier molecular flexibility index (Phi) is 12.5. The maximum Gasteiger partial charge on any atom is 0.225 e. The molecule has 0 aromatic carbocycles. The number of aliphatic hydroxyl groups is 2. The molecule has 0 bridgehead atoms. The van der Waals surface area contributed by atoms with Crippen molar-refractivity contribution in [1.29, 1.82) is 0 Å².